The van der Waals surface area contributed by atoms with E-state index in [1.54, 1.807) is 19.1 Å². The Hall–Kier alpha value is -3.35. The van der Waals surface area contributed by atoms with Gasteiger partial charge in [0, 0.05) is 16.6 Å². The van der Waals surface area contributed by atoms with Crippen LogP contribution >= 0.6 is 0 Å². The lowest BCUT2D eigenvalue weighted by Crippen LogP contribution is -2.24. The van der Waals surface area contributed by atoms with Crippen molar-refractivity contribution >= 4 is 22.6 Å². The summed E-state index contributed by atoms with van der Waals surface area (Å²) in [6.45, 7) is 1.72. The summed E-state index contributed by atoms with van der Waals surface area (Å²) in [5.74, 6) is -2.49. The van der Waals surface area contributed by atoms with E-state index in [0.717, 1.165) is 12.1 Å². The molecule has 3 rings (SSSR count). The van der Waals surface area contributed by atoms with E-state index in [1.165, 1.54) is 18.2 Å². The molecular weight excluding hydrogens is 326 g/mol. The smallest absolute Gasteiger partial charge is 0.280 e. The minimum Gasteiger partial charge on any atom is -0.370 e. The van der Waals surface area contributed by atoms with E-state index < -0.39 is 17.5 Å². The van der Waals surface area contributed by atoms with Crippen LogP contribution in [0.4, 0.5) is 8.78 Å². The number of carbonyl (C=O) groups is 1. The summed E-state index contributed by atoms with van der Waals surface area (Å²) >= 11 is 0. The molecule has 7 heteroatoms. The Balaban J connectivity index is 2.31. The van der Waals surface area contributed by atoms with E-state index in [9.17, 15) is 13.6 Å². The number of pyridine rings is 1. The first kappa shape index (κ1) is 16.5. The number of aryl methyl sites for hydroxylation is 1. The maximum absolute atomic E-state index is 14.2. The van der Waals surface area contributed by atoms with Gasteiger partial charge in [0.15, 0.2) is 5.96 Å². The molecule has 0 radical (unpaired) electrons. The van der Waals surface area contributed by atoms with Crippen LogP contribution in [0.3, 0.4) is 0 Å². The van der Waals surface area contributed by atoms with E-state index in [2.05, 4.69) is 9.98 Å². The zero-order valence-electron chi connectivity index (χ0n) is 13.3. The highest BCUT2D eigenvalue weighted by molar-refractivity contribution is 6.06. The molecule has 0 saturated carbocycles. The summed E-state index contributed by atoms with van der Waals surface area (Å²) < 4.78 is 28.5. The van der Waals surface area contributed by atoms with Gasteiger partial charge in [0.1, 0.15) is 11.6 Å². The van der Waals surface area contributed by atoms with Crippen LogP contribution in [-0.2, 0) is 0 Å². The standard InChI is InChI=1S/C18H14F2N4O/c1-9-7-10-5-6-11(17(25)24-18(21)22)8-12(10)16(23-9)15-13(19)3-2-4-14(15)20/h2-8H,1H3,(H4,21,22,24,25). The Morgan fingerprint density at radius 3 is 2.40 bits per heavy atom. The van der Waals surface area contributed by atoms with Crippen molar-refractivity contribution in [1.82, 2.24) is 4.98 Å². The predicted molar refractivity (Wildman–Crippen MR) is 92.0 cm³/mol. The Bertz CT molecular complexity index is 1010. The van der Waals surface area contributed by atoms with Gasteiger partial charge in [-0.25, -0.2) is 8.78 Å². The maximum atomic E-state index is 14.2. The highest BCUT2D eigenvalue weighted by atomic mass is 19.1. The number of hydrogen-bond acceptors (Lipinski definition) is 2. The quantitative estimate of drug-likeness (QED) is 0.554. The summed E-state index contributed by atoms with van der Waals surface area (Å²) in [7, 11) is 0. The molecule has 3 aromatic rings. The van der Waals surface area contributed by atoms with Gasteiger partial charge in [-0.05, 0) is 42.6 Å². The van der Waals surface area contributed by atoms with Crippen molar-refractivity contribution in [2.45, 2.75) is 6.92 Å². The normalized spacial score (nSPS) is 10.7. The van der Waals surface area contributed by atoms with Gasteiger partial charge in [-0.1, -0.05) is 12.1 Å². The molecule has 1 aromatic heterocycles. The van der Waals surface area contributed by atoms with Crippen molar-refractivity contribution in [3.8, 4) is 11.3 Å². The summed E-state index contributed by atoms with van der Waals surface area (Å²) in [5.41, 5.74) is 11.1. The van der Waals surface area contributed by atoms with E-state index in [-0.39, 0.29) is 22.8 Å². The molecule has 1 heterocycles. The van der Waals surface area contributed by atoms with Crippen molar-refractivity contribution in [2.75, 3.05) is 0 Å². The molecule has 0 spiro atoms. The lowest BCUT2D eigenvalue weighted by Gasteiger charge is -2.10. The summed E-state index contributed by atoms with van der Waals surface area (Å²) in [4.78, 5) is 19.8. The second-order valence-corrected chi connectivity index (χ2v) is 5.49. The fourth-order valence-corrected chi connectivity index (χ4v) is 2.61. The predicted octanol–water partition coefficient (Wildman–Crippen LogP) is 2.90. The van der Waals surface area contributed by atoms with E-state index in [1.807, 2.05) is 0 Å². The molecule has 0 aliphatic rings. The van der Waals surface area contributed by atoms with Gasteiger partial charge in [-0.2, -0.15) is 4.99 Å². The van der Waals surface area contributed by atoms with Crippen LogP contribution in [0.2, 0.25) is 0 Å². The number of halogens is 2. The average Bonchev–Trinajstić information content (AvgIpc) is 2.53. The van der Waals surface area contributed by atoms with Crippen molar-refractivity contribution in [1.29, 1.82) is 0 Å². The second-order valence-electron chi connectivity index (χ2n) is 5.49. The zero-order chi connectivity index (χ0) is 18.1. The SMILES string of the molecule is Cc1cc2ccc(C(=O)N=C(N)N)cc2c(-c2c(F)cccc2F)n1. The summed E-state index contributed by atoms with van der Waals surface area (Å²) in [6, 6.07) is 10.0. The minimum absolute atomic E-state index is 0.116. The van der Waals surface area contributed by atoms with Crippen molar-refractivity contribution < 1.29 is 13.6 Å². The topological polar surface area (TPSA) is 94.4 Å². The first-order valence-corrected chi connectivity index (χ1v) is 7.36. The lowest BCUT2D eigenvalue weighted by molar-refractivity contribution is 0.100. The van der Waals surface area contributed by atoms with Gasteiger partial charge < -0.3 is 11.5 Å². The third kappa shape index (κ3) is 3.16. The Morgan fingerprint density at radius 2 is 1.76 bits per heavy atom. The first-order valence-electron chi connectivity index (χ1n) is 7.36. The molecule has 0 saturated heterocycles. The first-order chi connectivity index (χ1) is 11.9. The number of benzene rings is 2. The largest absolute Gasteiger partial charge is 0.370 e. The number of nitrogens with zero attached hydrogens (tertiary/aromatic N) is 2. The molecule has 0 bridgehead atoms. The van der Waals surface area contributed by atoms with Crippen molar-refractivity contribution in [3.63, 3.8) is 0 Å². The number of nitrogens with two attached hydrogens (primary N) is 2. The lowest BCUT2D eigenvalue weighted by atomic mass is 10.00. The molecule has 4 N–H and O–H groups in total. The molecule has 5 nitrogen and oxygen atoms in total. The number of aliphatic imine (C=N–C) groups is 1. The summed E-state index contributed by atoms with van der Waals surface area (Å²) in [5, 5.41) is 1.11. The average molecular weight is 340 g/mol. The van der Waals surface area contributed by atoms with Gasteiger partial charge in [-0.15, -0.1) is 0 Å². The number of carbonyl (C=O) groups excluding carboxylic acids is 1. The fraction of sp³-hybridized carbons (Fsp3) is 0.0556. The van der Waals surface area contributed by atoms with Gasteiger partial charge in [0.25, 0.3) is 5.91 Å². The van der Waals surface area contributed by atoms with Crippen LogP contribution in [0.5, 0.6) is 0 Å². The molecule has 1 amide bonds. The van der Waals surface area contributed by atoms with Crippen LogP contribution in [0.15, 0.2) is 47.5 Å². The molecule has 0 atom stereocenters. The van der Waals surface area contributed by atoms with Gasteiger partial charge in [0.05, 0.1) is 11.3 Å². The third-order valence-electron chi connectivity index (χ3n) is 3.64. The highest BCUT2D eigenvalue weighted by Gasteiger charge is 2.17. The molecule has 126 valence electrons. The van der Waals surface area contributed by atoms with Gasteiger partial charge in [0.2, 0.25) is 0 Å². The Kier molecular flexibility index (Phi) is 4.14. The number of guanidine groups is 1. The fourth-order valence-electron chi connectivity index (χ4n) is 2.61. The number of hydrogen-bond donors (Lipinski definition) is 2. The monoisotopic (exact) mass is 340 g/mol. The van der Waals surface area contributed by atoms with Crippen LogP contribution in [0, 0.1) is 18.6 Å². The zero-order valence-corrected chi connectivity index (χ0v) is 13.3. The number of fused-ring (bicyclic) bond motifs is 1. The number of rotatable bonds is 2. The van der Waals surface area contributed by atoms with Gasteiger partial charge >= 0.3 is 0 Å². The summed E-state index contributed by atoms with van der Waals surface area (Å²) in [6.07, 6.45) is 0. The maximum Gasteiger partial charge on any atom is 0.280 e. The van der Waals surface area contributed by atoms with Crippen LogP contribution in [0.25, 0.3) is 22.0 Å². The molecule has 2 aromatic carbocycles. The number of aromatic nitrogens is 1. The molecule has 0 aliphatic carbocycles. The Labute approximate surface area is 142 Å². The van der Waals surface area contributed by atoms with Crippen molar-refractivity contribution in [3.05, 3.63) is 65.4 Å². The van der Waals surface area contributed by atoms with E-state index >= 15 is 0 Å². The van der Waals surface area contributed by atoms with Crippen LogP contribution in [0.1, 0.15) is 16.1 Å². The Morgan fingerprint density at radius 1 is 1.08 bits per heavy atom. The number of amides is 1. The van der Waals surface area contributed by atoms with Crippen LogP contribution < -0.4 is 11.5 Å². The van der Waals surface area contributed by atoms with Crippen LogP contribution in [-0.4, -0.2) is 16.9 Å². The molecule has 0 unspecified atom stereocenters. The third-order valence-corrected chi connectivity index (χ3v) is 3.64. The van der Waals surface area contributed by atoms with E-state index in [4.69, 9.17) is 11.5 Å². The highest BCUT2D eigenvalue weighted by Crippen LogP contribution is 2.32. The van der Waals surface area contributed by atoms with Gasteiger partial charge in [-0.3, -0.25) is 9.78 Å². The molecule has 0 fully saturated rings. The molecular formula is C18H14F2N4O. The van der Waals surface area contributed by atoms with E-state index in [0.29, 0.717) is 16.5 Å². The second kappa shape index (κ2) is 6.27. The molecule has 25 heavy (non-hydrogen) atoms. The minimum atomic E-state index is -0.736. The van der Waals surface area contributed by atoms with Crippen molar-refractivity contribution in [2.24, 2.45) is 16.5 Å². The molecule has 0 aliphatic heterocycles.